The largest absolute Gasteiger partial charge is 0.507 e. The number of rotatable bonds is 1. The van der Waals surface area contributed by atoms with Gasteiger partial charge in [0.15, 0.2) is 0 Å². The van der Waals surface area contributed by atoms with Crippen molar-refractivity contribution < 1.29 is 43.3 Å². The molecule has 0 bridgehead atoms. The Hall–Kier alpha value is -4.54. The van der Waals surface area contributed by atoms with Gasteiger partial charge in [-0.05, 0) is 35.8 Å². The molecule has 2 aliphatic carbocycles. The minimum absolute atomic E-state index is 0.0336. The molecule has 6 rings (SSSR count). The van der Waals surface area contributed by atoms with Gasteiger partial charge in [0.1, 0.15) is 5.75 Å². The molecule has 2 aromatic carbocycles. The highest BCUT2D eigenvalue weighted by Gasteiger charge is 2.64. The van der Waals surface area contributed by atoms with Gasteiger partial charge in [-0.15, -0.1) is 0 Å². The molecule has 11 heteroatoms. The fourth-order valence-electron chi connectivity index (χ4n) is 7.06. The van der Waals surface area contributed by atoms with Gasteiger partial charge in [-0.3, -0.25) is 19.2 Å². The van der Waals surface area contributed by atoms with Crippen molar-refractivity contribution in [1.29, 1.82) is 0 Å². The number of aromatic hydroxyl groups is 1. The van der Waals surface area contributed by atoms with E-state index in [4.69, 9.17) is 4.74 Å². The Bertz CT molecular complexity index is 1530. The predicted molar refractivity (Wildman–Crippen MR) is 132 cm³/mol. The van der Waals surface area contributed by atoms with E-state index in [9.17, 15) is 33.9 Å². The number of hydrogen-bond acceptors (Lipinski definition) is 9. The maximum absolute atomic E-state index is 13.7. The van der Waals surface area contributed by atoms with Crippen LogP contribution in [0.2, 0.25) is 0 Å². The highest BCUT2D eigenvalue weighted by Crippen LogP contribution is 2.58. The molecule has 1 N–H and O–H groups in total. The van der Waals surface area contributed by atoms with E-state index in [1.807, 2.05) is 6.08 Å². The molecule has 11 nitrogen and oxygen atoms in total. The van der Waals surface area contributed by atoms with Crippen LogP contribution in [-0.4, -0.2) is 64.9 Å². The molecule has 2 aliphatic heterocycles. The smallest absolute Gasteiger partial charge is 0.423 e. The number of imide groups is 6. The van der Waals surface area contributed by atoms with Crippen molar-refractivity contribution >= 4 is 46.6 Å². The third kappa shape index (κ3) is 3.28. The van der Waals surface area contributed by atoms with Gasteiger partial charge in [-0.25, -0.2) is 9.59 Å². The summed E-state index contributed by atoms with van der Waals surface area (Å²) in [6.07, 6.45) is -0.150. The van der Waals surface area contributed by atoms with E-state index in [1.165, 1.54) is 6.07 Å². The zero-order valence-corrected chi connectivity index (χ0v) is 21.0. The summed E-state index contributed by atoms with van der Waals surface area (Å²) in [4.78, 5) is 79.5. The molecular formula is C28H24N2O9. The number of phenolic OH excluding ortho intramolecular Hbond substituents is 1. The fraction of sp³-hybridized carbons (Fsp3) is 0.357. The van der Waals surface area contributed by atoms with Crippen molar-refractivity contribution in [2.75, 3.05) is 14.2 Å². The van der Waals surface area contributed by atoms with E-state index in [0.717, 1.165) is 14.2 Å². The second-order valence-corrected chi connectivity index (χ2v) is 10.2. The van der Waals surface area contributed by atoms with E-state index in [-0.39, 0.29) is 18.6 Å². The summed E-state index contributed by atoms with van der Waals surface area (Å²) in [5, 5.41) is 11.7. The average molecular weight is 533 g/mol. The number of amides is 6. The lowest BCUT2D eigenvalue weighted by atomic mass is 9.57. The third-order valence-electron chi connectivity index (χ3n) is 8.63. The summed E-state index contributed by atoms with van der Waals surface area (Å²) in [6, 6.07) is 10.2. The minimum Gasteiger partial charge on any atom is -0.507 e. The average Bonchev–Trinajstić information content (AvgIpc) is 3.35. The Kier molecular flexibility index (Phi) is 5.56. The summed E-state index contributed by atoms with van der Waals surface area (Å²) in [5.41, 5.74) is 1.33. The Balaban J connectivity index is 1.54. The van der Waals surface area contributed by atoms with E-state index < -0.39 is 71.3 Å². The van der Waals surface area contributed by atoms with E-state index in [1.54, 1.807) is 30.3 Å². The molecule has 4 aliphatic rings. The SMILES string of the molecule is COC(=O)N1C(=O)C2CC=C3C(CC4C(=O)N(C(=O)OC)C(=O)C4C3c3ccc(O)c4ccccc34)C2C1=O. The molecule has 1 saturated carbocycles. The monoisotopic (exact) mass is 532 g/mol. The molecule has 39 heavy (non-hydrogen) atoms. The van der Waals surface area contributed by atoms with Crippen LogP contribution in [0.25, 0.3) is 10.8 Å². The lowest BCUT2D eigenvalue weighted by Crippen LogP contribution is -2.43. The van der Waals surface area contributed by atoms with Crippen molar-refractivity contribution in [1.82, 2.24) is 9.80 Å². The first-order valence-electron chi connectivity index (χ1n) is 12.5. The van der Waals surface area contributed by atoms with Gasteiger partial charge in [0, 0.05) is 11.3 Å². The lowest BCUT2D eigenvalue weighted by molar-refractivity contribution is -0.139. The number of hydrogen-bond donors (Lipinski definition) is 1. The topological polar surface area (TPSA) is 148 Å². The standard InChI is InChI=1S/C28H24N2O9/c1-38-27(36)29-23(32)16-8-7-15-17(21(16)25(29)34)11-18-22(26(35)30(24(18)33)28(37)39-2)20(15)14-9-10-19(31)13-6-4-3-5-12(13)14/h3-7,9-10,16-18,20-22,31H,8,11H2,1-2H3. The number of benzene rings is 2. The molecule has 0 radical (unpaired) electrons. The summed E-state index contributed by atoms with van der Waals surface area (Å²) in [5.74, 6) is -7.83. The molecule has 0 aromatic heterocycles. The van der Waals surface area contributed by atoms with Crippen LogP contribution in [0.15, 0.2) is 48.0 Å². The van der Waals surface area contributed by atoms with Gasteiger partial charge < -0.3 is 14.6 Å². The molecular weight excluding hydrogens is 508 g/mol. The van der Waals surface area contributed by atoms with Crippen molar-refractivity contribution in [2.24, 2.45) is 29.6 Å². The van der Waals surface area contributed by atoms with E-state index >= 15 is 0 Å². The molecule has 2 saturated heterocycles. The molecule has 0 spiro atoms. The number of likely N-dealkylation sites (tertiary alicyclic amines) is 2. The maximum atomic E-state index is 13.7. The zero-order chi connectivity index (χ0) is 27.7. The number of carbonyl (C=O) groups is 6. The van der Waals surface area contributed by atoms with Gasteiger partial charge in [-0.2, -0.15) is 9.80 Å². The highest BCUT2D eigenvalue weighted by atomic mass is 16.5. The van der Waals surface area contributed by atoms with Gasteiger partial charge in [0.05, 0.1) is 37.9 Å². The molecule has 6 unspecified atom stereocenters. The Morgan fingerprint density at radius 2 is 1.36 bits per heavy atom. The second-order valence-electron chi connectivity index (χ2n) is 10.2. The molecule has 2 heterocycles. The van der Waals surface area contributed by atoms with Crippen molar-refractivity contribution in [3.63, 3.8) is 0 Å². The lowest BCUT2D eigenvalue weighted by Gasteiger charge is -2.44. The van der Waals surface area contributed by atoms with Gasteiger partial charge in [-0.1, -0.05) is 42.0 Å². The van der Waals surface area contributed by atoms with Crippen LogP contribution in [0.5, 0.6) is 5.75 Å². The van der Waals surface area contributed by atoms with Crippen LogP contribution in [0.1, 0.15) is 24.3 Å². The summed E-state index contributed by atoms with van der Waals surface area (Å²) in [6.45, 7) is 0. The number of allylic oxidation sites excluding steroid dienone is 2. The quantitative estimate of drug-likeness (QED) is 0.432. The summed E-state index contributed by atoms with van der Waals surface area (Å²) >= 11 is 0. The van der Waals surface area contributed by atoms with Crippen molar-refractivity contribution in [2.45, 2.75) is 18.8 Å². The number of carbonyl (C=O) groups excluding carboxylic acids is 6. The Labute approximate surface area is 221 Å². The fourth-order valence-corrected chi connectivity index (χ4v) is 7.06. The molecule has 200 valence electrons. The van der Waals surface area contributed by atoms with Crippen LogP contribution in [0, 0.1) is 29.6 Å². The number of ether oxygens (including phenoxy) is 2. The van der Waals surface area contributed by atoms with Crippen molar-refractivity contribution in [3.05, 3.63) is 53.6 Å². The molecule has 3 fully saturated rings. The van der Waals surface area contributed by atoms with Gasteiger partial charge in [0.2, 0.25) is 23.6 Å². The maximum Gasteiger partial charge on any atom is 0.423 e. The number of methoxy groups -OCH3 is 2. The van der Waals surface area contributed by atoms with Crippen LogP contribution in [-0.2, 0) is 28.7 Å². The normalized spacial score (nSPS) is 29.6. The van der Waals surface area contributed by atoms with E-state index in [0.29, 0.717) is 31.7 Å². The third-order valence-corrected chi connectivity index (χ3v) is 8.63. The predicted octanol–water partition coefficient (Wildman–Crippen LogP) is 2.71. The first-order chi connectivity index (χ1) is 18.7. The Morgan fingerprint density at radius 1 is 0.769 bits per heavy atom. The van der Waals surface area contributed by atoms with Crippen molar-refractivity contribution in [3.8, 4) is 5.75 Å². The molecule has 6 atom stereocenters. The van der Waals surface area contributed by atoms with Crippen LogP contribution >= 0.6 is 0 Å². The molecule has 6 amide bonds. The summed E-state index contributed by atoms with van der Waals surface area (Å²) < 4.78 is 9.39. The number of phenols is 1. The number of nitrogens with zero attached hydrogens (tertiary/aromatic N) is 2. The van der Waals surface area contributed by atoms with Gasteiger partial charge >= 0.3 is 12.2 Å². The second kappa shape index (κ2) is 8.75. The minimum atomic E-state index is -1.09. The Morgan fingerprint density at radius 3 is 2.00 bits per heavy atom. The van der Waals surface area contributed by atoms with Crippen LogP contribution in [0.3, 0.4) is 0 Å². The van der Waals surface area contributed by atoms with E-state index in [2.05, 4.69) is 4.74 Å². The van der Waals surface area contributed by atoms with Crippen LogP contribution < -0.4 is 0 Å². The number of fused-ring (bicyclic) bond motifs is 5. The van der Waals surface area contributed by atoms with Crippen LogP contribution in [0.4, 0.5) is 9.59 Å². The van der Waals surface area contributed by atoms with Gasteiger partial charge in [0.25, 0.3) is 0 Å². The first-order valence-corrected chi connectivity index (χ1v) is 12.5. The molecule has 2 aromatic rings. The zero-order valence-electron chi connectivity index (χ0n) is 21.0. The highest BCUT2D eigenvalue weighted by molar-refractivity contribution is 6.17. The first kappa shape index (κ1) is 24.8. The summed E-state index contributed by atoms with van der Waals surface area (Å²) in [7, 11) is 2.16.